The van der Waals surface area contributed by atoms with Gasteiger partial charge in [-0.2, -0.15) is 0 Å². The Morgan fingerprint density at radius 3 is 2.81 bits per heavy atom. The van der Waals surface area contributed by atoms with Crippen molar-refractivity contribution in [2.24, 2.45) is 11.8 Å². The Labute approximate surface area is 122 Å². The lowest BCUT2D eigenvalue weighted by atomic mass is 9.97. The lowest BCUT2D eigenvalue weighted by Gasteiger charge is -2.19. The van der Waals surface area contributed by atoms with E-state index in [9.17, 15) is 14.0 Å². The molecule has 0 aromatic heterocycles. The quantitative estimate of drug-likeness (QED) is 0.632. The van der Waals surface area contributed by atoms with Gasteiger partial charge < -0.3 is 9.47 Å². The van der Waals surface area contributed by atoms with E-state index in [1.54, 1.807) is 13.8 Å². The fourth-order valence-electron chi connectivity index (χ4n) is 3.17. The van der Waals surface area contributed by atoms with Crippen molar-refractivity contribution in [3.8, 4) is 5.75 Å². The highest BCUT2D eigenvalue weighted by Crippen LogP contribution is 2.60. The van der Waals surface area contributed by atoms with Crippen LogP contribution in [-0.2, 0) is 9.53 Å². The number of halogens is 1. The van der Waals surface area contributed by atoms with Gasteiger partial charge >= 0.3 is 5.97 Å². The average Bonchev–Trinajstić information content (AvgIpc) is 3.21. The Balaban J connectivity index is 1.99. The largest absolute Gasteiger partial charge is 0.492 e. The summed E-state index contributed by atoms with van der Waals surface area (Å²) >= 11 is 0. The minimum Gasteiger partial charge on any atom is -0.492 e. The number of carbonyl (C=O) groups is 2. The van der Waals surface area contributed by atoms with Crippen LogP contribution >= 0.6 is 0 Å². The van der Waals surface area contributed by atoms with Crippen LogP contribution < -0.4 is 4.74 Å². The highest BCUT2D eigenvalue weighted by Gasteiger charge is 2.61. The second-order valence-electron chi connectivity index (χ2n) is 5.39. The van der Waals surface area contributed by atoms with Crippen LogP contribution in [0.3, 0.4) is 0 Å². The van der Waals surface area contributed by atoms with Gasteiger partial charge in [0.05, 0.1) is 24.7 Å². The van der Waals surface area contributed by atoms with Gasteiger partial charge in [-0.1, -0.05) is 6.92 Å². The third-order valence-electron chi connectivity index (χ3n) is 4.25. The van der Waals surface area contributed by atoms with E-state index in [1.807, 2.05) is 0 Å². The molecule has 2 aliphatic rings. The Kier molecular flexibility index (Phi) is 3.43. The van der Waals surface area contributed by atoms with E-state index < -0.39 is 5.82 Å². The van der Waals surface area contributed by atoms with Gasteiger partial charge in [-0.15, -0.1) is 0 Å². The van der Waals surface area contributed by atoms with E-state index in [2.05, 4.69) is 0 Å². The SMILES string of the molecule is CCOC(=O)C1[C@H]2COc3c(C(=O)CC)ccc(F)c3[C@H]12. The minimum atomic E-state index is -0.417. The summed E-state index contributed by atoms with van der Waals surface area (Å²) in [6.07, 6.45) is 0.330. The predicted octanol–water partition coefficient (Wildman–Crippen LogP) is 2.70. The molecule has 0 amide bonds. The van der Waals surface area contributed by atoms with Gasteiger partial charge in [0.2, 0.25) is 0 Å². The first-order valence-electron chi connectivity index (χ1n) is 7.25. The molecule has 1 aromatic rings. The first-order chi connectivity index (χ1) is 10.1. The van der Waals surface area contributed by atoms with E-state index in [4.69, 9.17) is 9.47 Å². The van der Waals surface area contributed by atoms with E-state index in [0.29, 0.717) is 36.5 Å². The molecule has 0 radical (unpaired) electrons. The molecule has 0 spiro atoms. The first-order valence-corrected chi connectivity index (χ1v) is 7.25. The van der Waals surface area contributed by atoms with Crippen LogP contribution in [0.2, 0.25) is 0 Å². The number of carbonyl (C=O) groups excluding carboxylic acids is 2. The summed E-state index contributed by atoms with van der Waals surface area (Å²) in [7, 11) is 0. The third kappa shape index (κ3) is 2.11. The summed E-state index contributed by atoms with van der Waals surface area (Å²) in [5, 5.41) is 0. The summed E-state index contributed by atoms with van der Waals surface area (Å²) in [5.41, 5.74) is 0.769. The van der Waals surface area contributed by atoms with Gasteiger partial charge in [-0.3, -0.25) is 9.59 Å². The van der Waals surface area contributed by atoms with Gasteiger partial charge in [0.25, 0.3) is 0 Å². The van der Waals surface area contributed by atoms with Gasteiger partial charge in [-0.25, -0.2) is 4.39 Å². The number of benzene rings is 1. The number of rotatable bonds is 4. The van der Waals surface area contributed by atoms with Gasteiger partial charge in [0.15, 0.2) is 5.78 Å². The van der Waals surface area contributed by atoms with Crippen molar-refractivity contribution in [2.45, 2.75) is 26.2 Å². The molecule has 1 heterocycles. The van der Waals surface area contributed by atoms with E-state index in [0.717, 1.165) is 0 Å². The summed E-state index contributed by atoms with van der Waals surface area (Å²) in [5.74, 6) is -1.12. The first kappa shape index (κ1) is 14.0. The summed E-state index contributed by atoms with van der Waals surface area (Å²) in [6, 6.07) is 2.75. The molecule has 0 bridgehead atoms. The zero-order chi connectivity index (χ0) is 15.1. The maximum absolute atomic E-state index is 14.2. The number of ether oxygens (including phenoxy) is 2. The number of hydrogen-bond donors (Lipinski definition) is 0. The van der Waals surface area contributed by atoms with E-state index >= 15 is 0 Å². The Hall–Kier alpha value is -1.91. The van der Waals surface area contributed by atoms with Crippen LogP contribution in [-0.4, -0.2) is 25.0 Å². The molecular weight excluding hydrogens is 275 g/mol. The molecule has 3 rings (SSSR count). The molecule has 1 aliphatic heterocycles. The fourth-order valence-corrected chi connectivity index (χ4v) is 3.17. The lowest BCUT2D eigenvalue weighted by Crippen LogP contribution is -2.14. The van der Waals surface area contributed by atoms with Gasteiger partial charge in [-0.05, 0) is 19.1 Å². The summed E-state index contributed by atoms with van der Waals surface area (Å²) in [4.78, 5) is 23.8. The van der Waals surface area contributed by atoms with Crippen LogP contribution in [0.25, 0.3) is 0 Å². The molecule has 1 saturated carbocycles. The van der Waals surface area contributed by atoms with Crippen LogP contribution in [0, 0.1) is 17.7 Å². The Bertz CT molecular complexity index is 611. The van der Waals surface area contributed by atoms with Crippen molar-refractivity contribution in [3.63, 3.8) is 0 Å². The molecular formula is C16H17FO4. The molecule has 3 atom stereocenters. The molecule has 0 N–H and O–H groups in total. The molecule has 1 aliphatic carbocycles. The number of hydrogen-bond acceptors (Lipinski definition) is 4. The third-order valence-corrected chi connectivity index (χ3v) is 4.25. The van der Waals surface area contributed by atoms with Gasteiger partial charge in [0, 0.05) is 23.8 Å². The van der Waals surface area contributed by atoms with Crippen molar-refractivity contribution in [2.75, 3.05) is 13.2 Å². The summed E-state index contributed by atoms with van der Waals surface area (Å²) < 4.78 is 24.8. The molecule has 1 aromatic carbocycles. The molecule has 0 saturated heterocycles. The molecule has 1 fully saturated rings. The maximum Gasteiger partial charge on any atom is 0.309 e. The van der Waals surface area contributed by atoms with E-state index in [-0.39, 0.29) is 29.5 Å². The summed E-state index contributed by atoms with van der Waals surface area (Å²) in [6.45, 7) is 4.13. The highest BCUT2D eigenvalue weighted by atomic mass is 19.1. The van der Waals surface area contributed by atoms with Crippen molar-refractivity contribution < 1.29 is 23.5 Å². The normalized spacial score (nSPS) is 25.4. The topological polar surface area (TPSA) is 52.6 Å². The number of fused-ring (bicyclic) bond motifs is 3. The van der Waals surface area contributed by atoms with Crippen molar-refractivity contribution in [1.29, 1.82) is 0 Å². The van der Waals surface area contributed by atoms with Crippen LogP contribution in [0.4, 0.5) is 4.39 Å². The monoisotopic (exact) mass is 292 g/mol. The zero-order valence-electron chi connectivity index (χ0n) is 12.0. The molecule has 1 unspecified atom stereocenters. The smallest absolute Gasteiger partial charge is 0.309 e. The zero-order valence-corrected chi connectivity index (χ0v) is 12.0. The highest BCUT2D eigenvalue weighted by molar-refractivity contribution is 5.99. The van der Waals surface area contributed by atoms with E-state index in [1.165, 1.54) is 12.1 Å². The average molecular weight is 292 g/mol. The molecule has 5 heteroatoms. The number of Topliss-reactive ketones (excluding diaryl/α,β-unsaturated/α-hetero) is 1. The van der Waals surface area contributed by atoms with Crippen LogP contribution in [0.15, 0.2) is 12.1 Å². The molecule has 21 heavy (non-hydrogen) atoms. The predicted molar refractivity (Wildman–Crippen MR) is 72.9 cm³/mol. The molecule has 4 nitrogen and oxygen atoms in total. The van der Waals surface area contributed by atoms with Crippen molar-refractivity contribution >= 4 is 11.8 Å². The second kappa shape index (κ2) is 5.13. The Morgan fingerprint density at radius 1 is 1.38 bits per heavy atom. The standard InChI is InChI=1S/C16H17FO4/c1-3-11(18)8-5-6-10(17)14-12-9(7-21-15(8)14)13(12)16(19)20-4-2/h5-6,9,12-13H,3-4,7H2,1-2H3/t9-,12-,13?/m0/s1. The molecule has 112 valence electrons. The van der Waals surface area contributed by atoms with Crippen LogP contribution in [0.5, 0.6) is 5.75 Å². The van der Waals surface area contributed by atoms with Crippen LogP contribution in [0.1, 0.15) is 42.1 Å². The number of ketones is 1. The Morgan fingerprint density at radius 2 is 2.14 bits per heavy atom. The lowest BCUT2D eigenvalue weighted by molar-refractivity contribution is -0.145. The van der Waals surface area contributed by atoms with Crippen molar-refractivity contribution in [1.82, 2.24) is 0 Å². The van der Waals surface area contributed by atoms with Crippen molar-refractivity contribution in [3.05, 3.63) is 29.1 Å². The fraction of sp³-hybridized carbons (Fsp3) is 0.500. The minimum absolute atomic E-state index is 0.0435. The number of esters is 1. The van der Waals surface area contributed by atoms with Gasteiger partial charge in [0.1, 0.15) is 11.6 Å². The second-order valence-corrected chi connectivity index (χ2v) is 5.39. The maximum atomic E-state index is 14.2.